The Balaban J connectivity index is 0.00000200. The molecule has 1 N–H and O–H groups in total. The molecule has 2 fully saturated rings. The zero-order chi connectivity index (χ0) is 13.9. The van der Waals surface area contributed by atoms with E-state index >= 15 is 0 Å². The van der Waals surface area contributed by atoms with Crippen molar-refractivity contribution in [2.24, 2.45) is 5.92 Å². The zero-order valence-corrected chi connectivity index (χ0v) is 11.9. The molecule has 0 aromatic carbocycles. The maximum absolute atomic E-state index is 12.7. The molecule has 0 aliphatic carbocycles. The van der Waals surface area contributed by atoms with Gasteiger partial charge in [0.05, 0.1) is 19.1 Å². The van der Waals surface area contributed by atoms with Crippen molar-refractivity contribution < 1.29 is 22.7 Å². The molecule has 118 valence electrons. The smallest absolute Gasteiger partial charge is 0.378 e. The van der Waals surface area contributed by atoms with E-state index in [0.717, 1.165) is 0 Å². The number of nitrogens with zero attached hydrogens (tertiary/aromatic N) is 1. The van der Waals surface area contributed by atoms with Gasteiger partial charge in [-0.15, -0.1) is 12.4 Å². The summed E-state index contributed by atoms with van der Waals surface area (Å²) in [5.74, 6) is -1.59. The normalized spacial score (nSPS) is 27.9. The molecule has 2 heterocycles. The van der Waals surface area contributed by atoms with E-state index in [-0.39, 0.29) is 43.7 Å². The van der Waals surface area contributed by atoms with Crippen molar-refractivity contribution in [3.8, 4) is 0 Å². The van der Waals surface area contributed by atoms with Gasteiger partial charge in [0, 0.05) is 32.1 Å². The van der Waals surface area contributed by atoms with Crippen molar-refractivity contribution >= 4 is 18.3 Å². The molecule has 8 heteroatoms. The third-order valence-corrected chi connectivity index (χ3v) is 3.66. The highest BCUT2D eigenvalue weighted by atomic mass is 35.5. The minimum absolute atomic E-state index is 0. The highest BCUT2D eigenvalue weighted by Crippen LogP contribution is 2.33. The molecule has 0 spiro atoms. The van der Waals surface area contributed by atoms with Crippen LogP contribution in [0.3, 0.4) is 0 Å². The van der Waals surface area contributed by atoms with Crippen LogP contribution in [0.1, 0.15) is 19.3 Å². The lowest BCUT2D eigenvalue weighted by atomic mass is 9.97. The first-order chi connectivity index (χ1) is 8.97. The summed E-state index contributed by atoms with van der Waals surface area (Å²) < 4.78 is 43.2. The van der Waals surface area contributed by atoms with Crippen LogP contribution < -0.4 is 5.32 Å². The molecule has 0 aromatic heterocycles. The number of carbonyl (C=O) groups is 1. The van der Waals surface area contributed by atoms with E-state index in [0.29, 0.717) is 32.7 Å². The molecule has 2 rings (SSSR count). The summed E-state index contributed by atoms with van der Waals surface area (Å²) in [6.07, 6.45) is -3.45. The molecule has 4 nitrogen and oxygen atoms in total. The standard InChI is InChI=1S/C12H19F3N2O2.ClH/c13-12(14,15)9-2-1-4-17(7-9)11(18)6-10-8-19-5-3-16-10;/h9-10,16H,1-8H2;1H. The van der Waals surface area contributed by atoms with Crippen molar-refractivity contribution in [3.63, 3.8) is 0 Å². The van der Waals surface area contributed by atoms with Gasteiger partial charge >= 0.3 is 6.18 Å². The average Bonchev–Trinajstić information content (AvgIpc) is 2.39. The number of hydrogen-bond acceptors (Lipinski definition) is 3. The number of hydrogen-bond donors (Lipinski definition) is 1. The second-order valence-electron chi connectivity index (χ2n) is 5.15. The first-order valence-corrected chi connectivity index (χ1v) is 6.62. The fourth-order valence-corrected chi connectivity index (χ4v) is 2.56. The molecule has 2 aliphatic rings. The van der Waals surface area contributed by atoms with Gasteiger partial charge in [0.2, 0.25) is 5.91 Å². The van der Waals surface area contributed by atoms with Gasteiger partial charge in [-0.25, -0.2) is 0 Å². The fourth-order valence-electron chi connectivity index (χ4n) is 2.56. The van der Waals surface area contributed by atoms with Crippen molar-refractivity contribution in [1.82, 2.24) is 10.2 Å². The highest BCUT2D eigenvalue weighted by molar-refractivity contribution is 5.85. The van der Waals surface area contributed by atoms with Crippen LogP contribution in [0.4, 0.5) is 13.2 Å². The number of rotatable bonds is 2. The Labute approximate surface area is 122 Å². The number of piperidine rings is 1. The largest absolute Gasteiger partial charge is 0.393 e. The van der Waals surface area contributed by atoms with E-state index in [9.17, 15) is 18.0 Å². The van der Waals surface area contributed by atoms with Crippen molar-refractivity contribution in [2.75, 3.05) is 32.8 Å². The number of carbonyl (C=O) groups excluding carboxylic acids is 1. The van der Waals surface area contributed by atoms with Crippen LogP contribution >= 0.6 is 12.4 Å². The Morgan fingerprint density at radius 3 is 2.75 bits per heavy atom. The Hall–Kier alpha value is -0.530. The lowest BCUT2D eigenvalue weighted by Gasteiger charge is -2.35. The number of ether oxygens (including phenoxy) is 1. The van der Waals surface area contributed by atoms with Crippen LogP contribution in [-0.2, 0) is 9.53 Å². The molecule has 0 aromatic rings. The lowest BCUT2D eigenvalue weighted by Crippen LogP contribution is -2.48. The molecule has 0 radical (unpaired) electrons. The summed E-state index contributed by atoms with van der Waals surface area (Å²) in [5, 5.41) is 3.14. The second-order valence-corrected chi connectivity index (χ2v) is 5.15. The van der Waals surface area contributed by atoms with Gasteiger partial charge in [-0.3, -0.25) is 4.79 Å². The predicted molar refractivity (Wildman–Crippen MR) is 69.8 cm³/mol. The SMILES string of the molecule is Cl.O=C(CC1COCCN1)N1CCCC(C(F)(F)F)C1. The molecular weight excluding hydrogens is 297 g/mol. The fraction of sp³-hybridized carbons (Fsp3) is 0.917. The quantitative estimate of drug-likeness (QED) is 0.841. The van der Waals surface area contributed by atoms with Crippen LogP contribution in [0.25, 0.3) is 0 Å². The van der Waals surface area contributed by atoms with Crippen molar-refractivity contribution in [1.29, 1.82) is 0 Å². The van der Waals surface area contributed by atoms with Gasteiger partial charge in [0.1, 0.15) is 0 Å². The maximum atomic E-state index is 12.7. The van der Waals surface area contributed by atoms with Crippen LogP contribution in [0.5, 0.6) is 0 Å². The summed E-state index contributed by atoms with van der Waals surface area (Å²) in [7, 11) is 0. The number of likely N-dealkylation sites (tertiary alicyclic amines) is 1. The molecule has 2 aliphatic heterocycles. The average molecular weight is 317 g/mol. The number of morpholine rings is 1. The van der Waals surface area contributed by atoms with E-state index in [1.165, 1.54) is 4.90 Å². The molecule has 2 saturated heterocycles. The maximum Gasteiger partial charge on any atom is 0.393 e. The van der Waals surface area contributed by atoms with E-state index in [4.69, 9.17) is 4.74 Å². The van der Waals surface area contributed by atoms with Crippen molar-refractivity contribution in [2.45, 2.75) is 31.5 Å². The van der Waals surface area contributed by atoms with E-state index < -0.39 is 12.1 Å². The number of nitrogens with one attached hydrogen (secondary N) is 1. The van der Waals surface area contributed by atoms with E-state index in [2.05, 4.69) is 5.32 Å². The lowest BCUT2D eigenvalue weighted by molar-refractivity contribution is -0.188. The van der Waals surface area contributed by atoms with Crippen molar-refractivity contribution in [3.05, 3.63) is 0 Å². The molecule has 2 atom stereocenters. The molecular formula is C12H20ClF3N2O2. The molecule has 20 heavy (non-hydrogen) atoms. The second kappa shape index (κ2) is 7.47. The summed E-state index contributed by atoms with van der Waals surface area (Å²) >= 11 is 0. The molecule has 0 saturated carbocycles. The summed E-state index contributed by atoms with van der Waals surface area (Å²) in [5.41, 5.74) is 0. The Morgan fingerprint density at radius 2 is 2.15 bits per heavy atom. The Bertz CT molecular complexity index is 322. The first-order valence-electron chi connectivity index (χ1n) is 6.62. The van der Waals surface area contributed by atoms with Crippen LogP contribution in [0.15, 0.2) is 0 Å². The van der Waals surface area contributed by atoms with E-state index in [1.807, 2.05) is 0 Å². The Morgan fingerprint density at radius 1 is 1.40 bits per heavy atom. The monoisotopic (exact) mass is 316 g/mol. The minimum atomic E-state index is -4.20. The van der Waals surface area contributed by atoms with Gasteiger partial charge in [-0.05, 0) is 12.8 Å². The first kappa shape index (κ1) is 17.5. The topological polar surface area (TPSA) is 41.6 Å². The van der Waals surface area contributed by atoms with Crippen LogP contribution in [-0.4, -0.2) is 55.9 Å². The van der Waals surface area contributed by atoms with Gasteiger partial charge in [-0.2, -0.15) is 13.2 Å². The number of alkyl halides is 3. The molecule has 1 amide bonds. The number of amides is 1. The van der Waals surface area contributed by atoms with Gasteiger partial charge in [0.15, 0.2) is 0 Å². The summed E-state index contributed by atoms with van der Waals surface area (Å²) in [4.78, 5) is 13.3. The van der Waals surface area contributed by atoms with Crippen LogP contribution in [0, 0.1) is 5.92 Å². The molecule has 2 unspecified atom stereocenters. The third-order valence-electron chi connectivity index (χ3n) is 3.66. The highest BCUT2D eigenvalue weighted by Gasteiger charge is 2.42. The number of halogens is 4. The van der Waals surface area contributed by atoms with Gasteiger partial charge in [-0.1, -0.05) is 0 Å². The molecule has 0 bridgehead atoms. The third kappa shape index (κ3) is 4.79. The minimum Gasteiger partial charge on any atom is -0.378 e. The predicted octanol–water partition coefficient (Wildman–Crippen LogP) is 1.59. The summed E-state index contributed by atoms with van der Waals surface area (Å²) in [6, 6.07) is -0.0764. The summed E-state index contributed by atoms with van der Waals surface area (Å²) in [6.45, 7) is 1.98. The Kier molecular flexibility index (Phi) is 6.54. The van der Waals surface area contributed by atoms with Gasteiger partial charge < -0.3 is 15.0 Å². The van der Waals surface area contributed by atoms with Crippen LogP contribution in [0.2, 0.25) is 0 Å². The van der Waals surface area contributed by atoms with E-state index in [1.54, 1.807) is 0 Å². The van der Waals surface area contributed by atoms with Gasteiger partial charge in [0.25, 0.3) is 0 Å². The zero-order valence-electron chi connectivity index (χ0n) is 11.1.